The first-order chi connectivity index (χ1) is 7.99. The first-order valence-corrected chi connectivity index (χ1v) is 5.92. The third-order valence-corrected chi connectivity index (χ3v) is 2.23. The fourth-order valence-corrected chi connectivity index (χ4v) is 1.40. The van der Waals surface area contributed by atoms with Crippen LogP contribution in [0.3, 0.4) is 0 Å². The molecule has 0 atom stereocenters. The molecule has 0 saturated carbocycles. The van der Waals surface area contributed by atoms with E-state index in [2.05, 4.69) is 4.98 Å². The first kappa shape index (κ1) is 13.9. The zero-order chi connectivity index (χ0) is 12.8. The lowest BCUT2D eigenvalue weighted by Crippen LogP contribution is -2.13. The summed E-state index contributed by atoms with van der Waals surface area (Å²) in [6.07, 6.45) is 0.205. The highest BCUT2D eigenvalue weighted by molar-refractivity contribution is 7.80. The van der Waals surface area contributed by atoms with E-state index in [-0.39, 0.29) is 6.10 Å². The van der Waals surface area contributed by atoms with Gasteiger partial charge in [-0.1, -0.05) is 12.2 Å². The van der Waals surface area contributed by atoms with Crippen molar-refractivity contribution in [2.24, 2.45) is 5.73 Å². The minimum absolute atomic E-state index is 0.205. The molecule has 1 heterocycles. The molecule has 0 aromatic carbocycles. The maximum Gasteiger partial charge on any atom is 0.214 e. The minimum Gasteiger partial charge on any atom is -0.475 e. The third kappa shape index (κ3) is 5.10. The van der Waals surface area contributed by atoms with Crippen LogP contribution < -0.4 is 10.5 Å². The van der Waals surface area contributed by atoms with Crippen molar-refractivity contribution in [3.05, 3.63) is 23.4 Å². The Morgan fingerprint density at radius 3 is 2.71 bits per heavy atom. The van der Waals surface area contributed by atoms with Gasteiger partial charge in [0.1, 0.15) is 11.6 Å². The van der Waals surface area contributed by atoms with Gasteiger partial charge in [-0.05, 0) is 26.8 Å². The van der Waals surface area contributed by atoms with Crippen molar-refractivity contribution < 1.29 is 9.47 Å². The van der Waals surface area contributed by atoms with Crippen molar-refractivity contribution in [1.29, 1.82) is 0 Å². The second-order valence-electron chi connectivity index (χ2n) is 3.97. The van der Waals surface area contributed by atoms with E-state index in [1.54, 1.807) is 6.07 Å². The maximum absolute atomic E-state index is 5.57. The molecule has 5 heteroatoms. The molecule has 1 aromatic heterocycles. The van der Waals surface area contributed by atoms with Gasteiger partial charge < -0.3 is 15.2 Å². The molecule has 1 rings (SSSR count). The molecule has 0 spiro atoms. The lowest BCUT2D eigenvalue weighted by atomic mass is 10.2. The van der Waals surface area contributed by atoms with Crippen LogP contribution in [0.25, 0.3) is 0 Å². The van der Waals surface area contributed by atoms with Crippen LogP contribution in [-0.2, 0) is 4.74 Å². The molecule has 2 N–H and O–H groups in total. The van der Waals surface area contributed by atoms with Gasteiger partial charge in [0.15, 0.2) is 0 Å². The van der Waals surface area contributed by atoms with Crippen LogP contribution in [0.1, 0.15) is 25.1 Å². The Morgan fingerprint density at radius 2 is 2.12 bits per heavy atom. The quantitative estimate of drug-likeness (QED) is 0.620. The van der Waals surface area contributed by atoms with Gasteiger partial charge >= 0.3 is 0 Å². The van der Waals surface area contributed by atoms with Gasteiger partial charge in [-0.15, -0.1) is 0 Å². The molecule has 0 bridgehead atoms. The van der Waals surface area contributed by atoms with Gasteiger partial charge in [0.25, 0.3) is 0 Å². The predicted molar refractivity (Wildman–Crippen MR) is 71.4 cm³/mol. The smallest absolute Gasteiger partial charge is 0.214 e. The van der Waals surface area contributed by atoms with Gasteiger partial charge in [0, 0.05) is 17.3 Å². The third-order valence-electron chi connectivity index (χ3n) is 2.00. The number of pyridine rings is 1. The Balaban J connectivity index is 2.56. The van der Waals surface area contributed by atoms with E-state index in [1.807, 2.05) is 26.8 Å². The number of nitrogens with two attached hydrogens (primary N) is 1. The lowest BCUT2D eigenvalue weighted by molar-refractivity contribution is 0.0542. The topological polar surface area (TPSA) is 57.4 Å². The molecular formula is C12H18N2O2S. The number of ether oxygens (including phenoxy) is 2. The number of hydrogen-bond donors (Lipinski definition) is 1. The summed E-state index contributed by atoms with van der Waals surface area (Å²) in [7, 11) is 0. The molecule has 0 aliphatic rings. The van der Waals surface area contributed by atoms with Crippen molar-refractivity contribution in [1.82, 2.24) is 4.98 Å². The Hall–Kier alpha value is -1.20. The molecule has 0 radical (unpaired) electrons. The monoisotopic (exact) mass is 254 g/mol. The summed E-state index contributed by atoms with van der Waals surface area (Å²) < 4.78 is 10.8. The minimum atomic E-state index is 0.205. The zero-order valence-corrected chi connectivity index (χ0v) is 11.2. The summed E-state index contributed by atoms with van der Waals surface area (Å²) in [4.78, 5) is 4.59. The van der Waals surface area contributed by atoms with E-state index in [9.17, 15) is 0 Å². The van der Waals surface area contributed by atoms with E-state index in [1.165, 1.54) is 0 Å². The molecule has 0 saturated heterocycles. The van der Waals surface area contributed by atoms with E-state index in [0.717, 1.165) is 11.3 Å². The molecule has 4 nitrogen and oxygen atoms in total. The highest BCUT2D eigenvalue weighted by Gasteiger charge is 2.03. The van der Waals surface area contributed by atoms with Crippen LogP contribution in [0.4, 0.5) is 0 Å². The average Bonchev–Trinajstić information content (AvgIpc) is 2.23. The van der Waals surface area contributed by atoms with Gasteiger partial charge in [0.05, 0.1) is 12.7 Å². The molecule has 0 aliphatic carbocycles. The van der Waals surface area contributed by atoms with Crippen molar-refractivity contribution in [3.63, 3.8) is 0 Å². The van der Waals surface area contributed by atoms with E-state index < -0.39 is 0 Å². The highest BCUT2D eigenvalue weighted by Crippen LogP contribution is 2.12. The fraction of sp³-hybridized carbons (Fsp3) is 0.500. The van der Waals surface area contributed by atoms with Gasteiger partial charge in [-0.3, -0.25) is 0 Å². The van der Waals surface area contributed by atoms with E-state index in [4.69, 9.17) is 27.4 Å². The van der Waals surface area contributed by atoms with Crippen LogP contribution in [0, 0.1) is 6.92 Å². The first-order valence-electron chi connectivity index (χ1n) is 5.52. The number of rotatable bonds is 6. The number of hydrogen-bond acceptors (Lipinski definition) is 4. The predicted octanol–water partition coefficient (Wildman–Crippen LogP) is 1.83. The Kier molecular flexibility index (Phi) is 5.31. The molecular weight excluding hydrogens is 236 g/mol. The normalized spacial score (nSPS) is 10.6. The zero-order valence-electron chi connectivity index (χ0n) is 10.4. The van der Waals surface area contributed by atoms with Crippen molar-refractivity contribution >= 4 is 17.2 Å². The molecule has 17 heavy (non-hydrogen) atoms. The lowest BCUT2D eigenvalue weighted by Gasteiger charge is -2.10. The van der Waals surface area contributed by atoms with Crippen LogP contribution in [0.2, 0.25) is 0 Å². The van der Waals surface area contributed by atoms with Crippen LogP contribution in [-0.4, -0.2) is 29.3 Å². The summed E-state index contributed by atoms with van der Waals surface area (Å²) in [5, 5.41) is 0. The summed E-state index contributed by atoms with van der Waals surface area (Å²) in [6, 6.07) is 3.57. The van der Waals surface area contributed by atoms with Crippen molar-refractivity contribution in [3.8, 4) is 5.88 Å². The second-order valence-corrected chi connectivity index (χ2v) is 4.41. The maximum atomic E-state index is 5.57. The summed E-state index contributed by atoms with van der Waals surface area (Å²) in [5.74, 6) is 0.528. The number of aryl methyl sites for hydroxylation is 1. The number of nitrogens with zero attached hydrogens (tertiary/aromatic N) is 1. The Morgan fingerprint density at radius 1 is 1.41 bits per heavy atom. The fourth-order valence-electron chi connectivity index (χ4n) is 1.28. The average molecular weight is 254 g/mol. The summed E-state index contributed by atoms with van der Waals surface area (Å²) in [5.41, 5.74) is 7.17. The molecule has 0 unspecified atom stereocenters. The highest BCUT2D eigenvalue weighted by atomic mass is 32.1. The van der Waals surface area contributed by atoms with Gasteiger partial charge in [-0.25, -0.2) is 4.98 Å². The second kappa shape index (κ2) is 6.51. The van der Waals surface area contributed by atoms with Gasteiger partial charge in [-0.2, -0.15) is 0 Å². The standard InChI is InChI=1S/C12H18N2O2S/c1-8(2)15-4-5-16-11-7-10(12(13)17)6-9(3)14-11/h6-8H,4-5H2,1-3H3,(H2,13,17). The van der Waals surface area contributed by atoms with E-state index >= 15 is 0 Å². The molecule has 0 fully saturated rings. The van der Waals surface area contributed by atoms with Crippen LogP contribution in [0.5, 0.6) is 5.88 Å². The van der Waals surface area contributed by atoms with E-state index in [0.29, 0.717) is 24.1 Å². The SMILES string of the molecule is Cc1cc(C(N)=S)cc(OCCOC(C)C)n1. The largest absolute Gasteiger partial charge is 0.475 e. The molecule has 0 amide bonds. The van der Waals surface area contributed by atoms with Crippen molar-refractivity contribution in [2.75, 3.05) is 13.2 Å². The van der Waals surface area contributed by atoms with Crippen molar-refractivity contribution in [2.45, 2.75) is 26.9 Å². The molecule has 1 aromatic rings. The molecule has 0 aliphatic heterocycles. The summed E-state index contributed by atoms with van der Waals surface area (Å²) in [6.45, 7) is 6.84. The van der Waals surface area contributed by atoms with Gasteiger partial charge in [0.2, 0.25) is 5.88 Å². The Labute approximate surface area is 107 Å². The Bertz CT molecular complexity index is 394. The summed E-state index contributed by atoms with van der Waals surface area (Å²) >= 11 is 4.92. The van der Waals surface area contributed by atoms with Crippen LogP contribution in [0.15, 0.2) is 12.1 Å². The number of thiocarbonyl (C=S) groups is 1. The number of aromatic nitrogens is 1. The molecule has 94 valence electrons. The van der Waals surface area contributed by atoms with Crippen LogP contribution >= 0.6 is 12.2 Å².